The Balaban J connectivity index is 2.37. The van der Waals surface area contributed by atoms with Gasteiger partial charge in [-0.15, -0.1) is 0 Å². The molecule has 1 fully saturated rings. The van der Waals surface area contributed by atoms with Crippen LogP contribution in [0.2, 0.25) is 0 Å². The second-order valence-corrected chi connectivity index (χ2v) is 19.4. The van der Waals surface area contributed by atoms with Crippen LogP contribution in [0.5, 0.6) is 0 Å². The molecule has 1 rings (SSSR count). The van der Waals surface area contributed by atoms with E-state index in [1.807, 2.05) is 0 Å². The maximum Gasteiger partial charge on any atom is 0.472 e. The number of carbonyl (C=O) groups excluding carboxylic acids is 2. The molecule has 0 aromatic carbocycles. The first-order valence-electron chi connectivity index (χ1n) is 25.3. The van der Waals surface area contributed by atoms with E-state index in [-0.39, 0.29) is 12.8 Å². The zero-order chi connectivity index (χ0) is 45.7. The largest absolute Gasteiger partial charge is 0.472 e. The first kappa shape index (κ1) is 58.9. The van der Waals surface area contributed by atoms with E-state index in [1.165, 1.54) is 161 Å². The van der Waals surface area contributed by atoms with Gasteiger partial charge in [0.25, 0.3) is 0 Å². The van der Waals surface area contributed by atoms with Gasteiger partial charge in [-0.3, -0.25) is 18.6 Å². The average molecular weight is 909 g/mol. The van der Waals surface area contributed by atoms with Gasteiger partial charge >= 0.3 is 19.8 Å². The van der Waals surface area contributed by atoms with E-state index in [2.05, 4.69) is 13.8 Å². The molecule has 62 heavy (non-hydrogen) atoms. The molecule has 0 aromatic rings. The molecule has 1 saturated carbocycles. The zero-order valence-corrected chi connectivity index (χ0v) is 40.1. The maximum atomic E-state index is 12.8. The Morgan fingerprint density at radius 3 is 1.06 bits per heavy atom. The molecule has 0 aromatic heterocycles. The number of ether oxygens (including phenoxy) is 2. The average Bonchev–Trinajstić information content (AvgIpc) is 3.25. The summed E-state index contributed by atoms with van der Waals surface area (Å²) in [5.41, 5.74) is 0. The summed E-state index contributed by atoms with van der Waals surface area (Å²) in [6.07, 6.45) is 27.3. The number of rotatable bonds is 43. The van der Waals surface area contributed by atoms with Crippen molar-refractivity contribution in [1.82, 2.24) is 0 Å². The lowest BCUT2D eigenvalue weighted by Crippen LogP contribution is -2.64. The number of hydrogen-bond acceptors (Lipinski definition) is 12. The van der Waals surface area contributed by atoms with Crippen LogP contribution in [0.1, 0.15) is 239 Å². The Kier molecular flexibility index (Phi) is 37.1. The third-order valence-corrected chi connectivity index (χ3v) is 13.2. The van der Waals surface area contributed by atoms with Crippen LogP contribution in [-0.4, -0.2) is 98.3 Å². The fraction of sp³-hybridized carbons (Fsp3) is 0.958. The Morgan fingerprint density at radius 2 is 0.726 bits per heavy atom. The zero-order valence-electron chi connectivity index (χ0n) is 39.2. The van der Waals surface area contributed by atoms with Crippen molar-refractivity contribution in [3.63, 3.8) is 0 Å². The quantitative estimate of drug-likeness (QED) is 0.0191. The number of unbranched alkanes of at least 4 members (excludes halogenated alkanes) is 31. The lowest BCUT2D eigenvalue weighted by molar-refractivity contribution is -0.220. The van der Waals surface area contributed by atoms with Gasteiger partial charge in [0.15, 0.2) is 6.10 Å². The molecule has 0 saturated heterocycles. The molecule has 6 N–H and O–H groups in total. The predicted molar refractivity (Wildman–Crippen MR) is 244 cm³/mol. The van der Waals surface area contributed by atoms with Crippen LogP contribution < -0.4 is 0 Å². The number of aliphatic hydroxyl groups excluding tert-OH is 5. The van der Waals surface area contributed by atoms with Gasteiger partial charge in [0.1, 0.15) is 43.2 Å². The van der Waals surface area contributed by atoms with Crippen molar-refractivity contribution in [1.29, 1.82) is 0 Å². The van der Waals surface area contributed by atoms with Crippen LogP contribution in [0.4, 0.5) is 0 Å². The summed E-state index contributed by atoms with van der Waals surface area (Å²) in [6, 6.07) is 0. The lowest BCUT2D eigenvalue weighted by atomic mass is 9.85. The molecule has 0 bridgehead atoms. The summed E-state index contributed by atoms with van der Waals surface area (Å²) in [7, 11) is -5.11. The van der Waals surface area contributed by atoms with E-state index < -0.39 is 75.7 Å². The maximum absolute atomic E-state index is 12.8. The molecule has 1 aliphatic rings. The summed E-state index contributed by atoms with van der Waals surface area (Å²) < 4.78 is 33.6. The summed E-state index contributed by atoms with van der Waals surface area (Å²) in [5.74, 6) is -1.08. The van der Waals surface area contributed by atoms with Crippen molar-refractivity contribution in [3.05, 3.63) is 0 Å². The Bertz CT molecular complexity index is 1100. The van der Waals surface area contributed by atoms with E-state index in [4.69, 9.17) is 18.5 Å². The molecule has 0 spiro atoms. The van der Waals surface area contributed by atoms with E-state index >= 15 is 0 Å². The minimum absolute atomic E-state index is 0.105. The minimum atomic E-state index is -5.11. The molecule has 6 unspecified atom stereocenters. The van der Waals surface area contributed by atoms with Crippen molar-refractivity contribution < 1.29 is 63.1 Å². The predicted octanol–water partition coefficient (Wildman–Crippen LogP) is 10.5. The fourth-order valence-electron chi connectivity index (χ4n) is 8.11. The van der Waals surface area contributed by atoms with Gasteiger partial charge in [-0.05, 0) is 12.8 Å². The monoisotopic (exact) mass is 909 g/mol. The number of esters is 2. The molecule has 6 atom stereocenters. The SMILES string of the molecule is CCCCCCCCCCCCCCCCCCCCCCC(=O)OC(COC(=O)CCCCCCCCCCCCCCC)COP(=O)(O)OC1C(O)C(O)C(O)C(O)C1O. The normalized spacial score (nSPS) is 21.7. The van der Waals surface area contributed by atoms with E-state index in [9.17, 15) is 44.6 Å². The fourth-order valence-corrected chi connectivity index (χ4v) is 9.09. The van der Waals surface area contributed by atoms with E-state index in [1.54, 1.807) is 0 Å². The van der Waals surface area contributed by atoms with Crippen molar-refractivity contribution in [2.24, 2.45) is 0 Å². The molecule has 14 heteroatoms. The second kappa shape index (κ2) is 39.1. The number of phosphoric ester groups is 1. The van der Waals surface area contributed by atoms with Crippen molar-refractivity contribution in [3.8, 4) is 0 Å². The molecular formula is C48H93O13P. The highest BCUT2D eigenvalue weighted by Gasteiger charge is 2.51. The smallest absolute Gasteiger partial charge is 0.462 e. The van der Waals surface area contributed by atoms with E-state index in [0.29, 0.717) is 12.8 Å². The van der Waals surface area contributed by atoms with Gasteiger partial charge in [0.2, 0.25) is 0 Å². The summed E-state index contributed by atoms with van der Waals surface area (Å²) in [5, 5.41) is 50.2. The molecular weight excluding hydrogens is 815 g/mol. The van der Waals surface area contributed by atoms with Gasteiger partial charge in [0, 0.05) is 12.8 Å². The second-order valence-electron chi connectivity index (χ2n) is 18.0. The van der Waals surface area contributed by atoms with Gasteiger partial charge in [-0.1, -0.05) is 213 Å². The molecule has 368 valence electrons. The molecule has 0 heterocycles. The highest BCUT2D eigenvalue weighted by Crippen LogP contribution is 2.47. The highest BCUT2D eigenvalue weighted by molar-refractivity contribution is 7.47. The summed E-state index contributed by atoms with van der Waals surface area (Å²) in [4.78, 5) is 35.8. The van der Waals surface area contributed by atoms with Crippen LogP contribution in [0.3, 0.4) is 0 Å². The van der Waals surface area contributed by atoms with Crippen LogP contribution in [0.25, 0.3) is 0 Å². The third kappa shape index (κ3) is 30.9. The molecule has 0 aliphatic heterocycles. The topological polar surface area (TPSA) is 210 Å². The molecule has 0 amide bonds. The standard InChI is InChI=1S/C48H93O13P/c1-3-5-7-9-11-13-15-17-18-19-20-21-22-23-25-27-29-31-33-35-37-42(50)60-40(39-59-62(56,57)61-48-46(54)44(52)43(51)45(53)47(48)55)38-58-41(49)36-34-32-30-28-26-24-16-14-12-10-8-6-4-2/h40,43-48,51-55H,3-39H2,1-2H3,(H,56,57). The number of aliphatic hydroxyl groups is 5. The minimum Gasteiger partial charge on any atom is -0.462 e. The van der Waals surface area contributed by atoms with Gasteiger partial charge in [-0.25, -0.2) is 4.57 Å². The Labute approximate surface area is 376 Å². The number of hydrogen-bond donors (Lipinski definition) is 6. The summed E-state index contributed by atoms with van der Waals surface area (Å²) in [6.45, 7) is 3.34. The van der Waals surface area contributed by atoms with E-state index in [0.717, 1.165) is 38.5 Å². The van der Waals surface area contributed by atoms with Crippen molar-refractivity contribution >= 4 is 19.8 Å². The van der Waals surface area contributed by atoms with Crippen LogP contribution in [0.15, 0.2) is 0 Å². The molecule has 1 aliphatic carbocycles. The van der Waals surface area contributed by atoms with Crippen molar-refractivity contribution in [2.45, 2.75) is 281 Å². The van der Waals surface area contributed by atoms with Crippen LogP contribution >= 0.6 is 7.82 Å². The molecule has 13 nitrogen and oxygen atoms in total. The van der Waals surface area contributed by atoms with Crippen LogP contribution in [0, 0.1) is 0 Å². The first-order valence-corrected chi connectivity index (χ1v) is 26.8. The third-order valence-electron chi connectivity index (χ3n) is 12.2. The highest BCUT2D eigenvalue weighted by atomic mass is 31.2. The number of phosphoric acid groups is 1. The Hall–Kier alpha value is -1.15. The number of carbonyl (C=O) groups is 2. The lowest BCUT2D eigenvalue weighted by Gasteiger charge is -2.41. The Morgan fingerprint density at radius 1 is 0.435 bits per heavy atom. The van der Waals surface area contributed by atoms with Gasteiger partial charge in [0.05, 0.1) is 6.61 Å². The summed E-state index contributed by atoms with van der Waals surface area (Å²) >= 11 is 0. The van der Waals surface area contributed by atoms with Gasteiger partial charge < -0.3 is 39.9 Å². The van der Waals surface area contributed by atoms with Crippen molar-refractivity contribution in [2.75, 3.05) is 13.2 Å². The van der Waals surface area contributed by atoms with Crippen LogP contribution in [-0.2, 0) is 32.7 Å². The van der Waals surface area contributed by atoms with Gasteiger partial charge in [-0.2, -0.15) is 0 Å². The molecule has 0 radical (unpaired) electrons. The first-order chi connectivity index (χ1) is 29.9.